The quantitative estimate of drug-likeness (QED) is 0.629. The molecule has 1 heterocycles. The average molecular weight is 377 g/mol. The molecule has 146 valence electrons. The number of H-pyrrole nitrogens is 1. The second-order valence-electron chi connectivity index (χ2n) is 7.37. The second kappa shape index (κ2) is 8.07. The fourth-order valence-corrected chi connectivity index (χ4v) is 4.19. The Bertz CT molecular complexity index is 912. The lowest BCUT2D eigenvalue weighted by molar-refractivity contribution is 0.338. The van der Waals surface area contributed by atoms with Gasteiger partial charge in [0, 0.05) is 23.2 Å². The fourth-order valence-electron chi connectivity index (χ4n) is 4.19. The Kier molecular flexibility index (Phi) is 5.35. The van der Waals surface area contributed by atoms with Crippen LogP contribution < -0.4 is 14.8 Å². The molecule has 5 nitrogen and oxygen atoms in total. The summed E-state index contributed by atoms with van der Waals surface area (Å²) >= 11 is 0. The fraction of sp³-hybridized carbons (Fsp3) is 0.348. The van der Waals surface area contributed by atoms with E-state index in [-0.39, 0.29) is 5.54 Å². The number of hydrogen-bond acceptors (Lipinski definition) is 4. The molecule has 0 spiro atoms. The molecule has 1 fully saturated rings. The Labute approximate surface area is 166 Å². The van der Waals surface area contributed by atoms with Crippen molar-refractivity contribution in [3.63, 3.8) is 0 Å². The first kappa shape index (κ1) is 18.6. The normalized spacial score (nSPS) is 15.5. The lowest BCUT2D eigenvalue weighted by Gasteiger charge is -2.31. The molecule has 5 heteroatoms. The van der Waals surface area contributed by atoms with Crippen LogP contribution in [0.2, 0.25) is 0 Å². The van der Waals surface area contributed by atoms with Gasteiger partial charge < -0.3 is 14.8 Å². The highest BCUT2D eigenvalue weighted by atomic mass is 16.5. The van der Waals surface area contributed by atoms with Crippen LogP contribution in [0.25, 0.3) is 11.3 Å². The van der Waals surface area contributed by atoms with Gasteiger partial charge >= 0.3 is 0 Å². The summed E-state index contributed by atoms with van der Waals surface area (Å²) < 4.78 is 10.7. The zero-order valence-corrected chi connectivity index (χ0v) is 16.5. The van der Waals surface area contributed by atoms with Crippen LogP contribution >= 0.6 is 0 Å². The molecular weight excluding hydrogens is 350 g/mol. The van der Waals surface area contributed by atoms with E-state index in [0.29, 0.717) is 0 Å². The van der Waals surface area contributed by atoms with Gasteiger partial charge in [0.25, 0.3) is 0 Å². The minimum absolute atomic E-state index is 0.00912. The Balaban J connectivity index is 1.56. The molecule has 1 aliphatic rings. The molecule has 0 saturated heterocycles. The van der Waals surface area contributed by atoms with Crippen molar-refractivity contribution in [2.24, 2.45) is 0 Å². The van der Waals surface area contributed by atoms with Crippen LogP contribution in [0, 0.1) is 0 Å². The summed E-state index contributed by atoms with van der Waals surface area (Å²) in [4.78, 5) is 0. The Morgan fingerprint density at radius 3 is 2.46 bits per heavy atom. The topological polar surface area (TPSA) is 59.2 Å². The van der Waals surface area contributed by atoms with Crippen molar-refractivity contribution < 1.29 is 9.47 Å². The van der Waals surface area contributed by atoms with Crippen LogP contribution in [0.5, 0.6) is 11.5 Å². The standard InChI is InChI=1S/C23H27N3O2/c1-27-20-10-8-19(9-11-20)23(12-3-4-13-23)24-15-18-16-25-26-22(18)17-6-5-7-21(14-17)28-2/h5-11,14,16,24H,3-4,12-13,15H2,1-2H3,(H,25,26). The van der Waals surface area contributed by atoms with E-state index in [2.05, 4.69) is 45.8 Å². The summed E-state index contributed by atoms with van der Waals surface area (Å²) in [6, 6.07) is 16.6. The first-order chi connectivity index (χ1) is 13.7. The van der Waals surface area contributed by atoms with Crippen molar-refractivity contribution in [3.05, 3.63) is 65.9 Å². The van der Waals surface area contributed by atoms with E-state index < -0.39 is 0 Å². The molecule has 28 heavy (non-hydrogen) atoms. The van der Waals surface area contributed by atoms with Crippen molar-refractivity contribution in [1.82, 2.24) is 15.5 Å². The highest BCUT2D eigenvalue weighted by Gasteiger charge is 2.35. The number of nitrogens with one attached hydrogen (secondary N) is 2. The van der Waals surface area contributed by atoms with Gasteiger partial charge in [-0.05, 0) is 42.7 Å². The Hall–Kier alpha value is -2.79. The van der Waals surface area contributed by atoms with Gasteiger partial charge in [0.05, 0.1) is 26.1 Å². The molecule has 1 aromatic heterocycles. The number of ether oxygens (including phenoxy) is 2. The third-order valence-corrected chi connectivity index (χ3v) is 5.79. The SMILES string of the molecule is COc1ccc(C2(NCc3cn[nH]c3-c3cccc(OC)c3)CCCC2)cc1. The smallest absolute Gasteiger partial charge is 0.119 e. The van der Waals surface area contributed by atoms with E-state index in [4.69, 9.17) is 9.47 Å². The number of methoxy groups -OCH3 is 2. The number of nitrogens with zero attached hydrogens (tertiary/aromatic N) is 1. The van der Waals surface area contributed by atoms with Crippen LogP contribution in [0.3, 0.4) is 0 Å². The first-order valence-corrected chi connectivity index (χ1v) is 9.80. The van der Waals surface area contributed by atoms with E-state index in [1.807, 2.05) is 24.4 Å². The maximum atomic E-state index is 5.37. The number of benzene rings is 2. The molecule has 1 saturated carbocycles. The zero-order valence-electron chi connectivity index (χ0n) is 16.5. The number of aromatic amines is 1. The monoisotopic (exact) mass is 377 g/mol. The van der Waals surface area contributed by atoms with Gasteiger partial charge in [-0.1, -0.05) is 37.1 Å². The highest BCUT2D eigenvalue weighted by Crippen LogP contribution is 2.40. The van der Waals surface area contributed by atoms with Crippen molar-refractivity contribution in [3.8, 4) is 22.8 Å². The summed E-state index contributed by atoms with van der Waals surface area (Å²) in [5.74, 6) is 1.74. The van der Waals surface area contributed by atoms with Crippen molar-refractivity contribution in [2.45, 2.75) is 37.8 Å². The summed E-state index contributed by atoms with van der Waals surface area (Å²) in [7, 11) is 3.39. The minimum Gasteiger partial charge on any atom is -0.497 e. The Morgan fingerprint density at radius 1 is 1.00 bits per heavy atom. The lowest BCUT2D eigenvalue weighted by atomic mass is 9.87. The van der Waals surface area contributed by atoms with Gasteiger partial charge in [0.1, 0.15) is 11.5 Å². The van der Waals surface area contributed by atoms with Crippen LogP contribution in [0.15, 0.2) is 54.7 Å². The van der Waals surface area contributed by atoms with Crippen molar-refractivity contribution in [2.75, 3.05) is 14.2 Å². The molecule has 2 aromatic carbocycles. The zero-order chi connectivity index (χ0) is 19.4. The van der Waals surface area contributed by atoms with E-state index in [0.717, 1.165) is 47.7 Å². The number of hydrogen-bond donors (Lipinski definition) is 2. The van der Waals surface area contributed by atoms with Gasteiger partial charge in [-0.3, -0.25) is 5.10 Å². The van der Waals surface area contributed by atoms with Gasteiger partial charge in [-0.15, -0.1) is 0 Å². The van der Waals surface area contributed by atoms with Crippen LogP contribution in [0.1, 0.15) is 36.8 Å². The largest absolute Gasteiger partial charge is 0.497 e. The molecule has 0 bridgehead atoms. The lowest BCUT2D eigenvalue weighted by Crippen LogP contribution is -2.39. The summed E-state index contributed by atoms with van der Waals surface area (Å²) in [6.07, 6.45) is 6.69. The molecule has 2 N–H and O–H groups in total. The Morgan fingerprint density at radius 2 is 1.75 bits per heavy atom. The molecule has 0 amide bonds. The van der Waals surface area contributed by atoms with Gasteiger partial charge in [0.15, 0.2) is 0 Å². The maximum Gasteiger partial charge on any atom is 0.119 e. The van der Waals surface area contributed by atoms with E-state index in [9.17, 15) is 0 Å². The van der Waals surface area contributed by atoms with Crippen LogP contribution in [-0.4, -0.2) is 24.4 Å². The van der Waals surface area contributed by atoms with E-state index in [1.54, 1.807) is 14.2 Å². The predicted octanol–water partition coefficient (Wildman–Crippen LogP) is 4.65. The first-order valence-electron chi connectivity index (χ1n) is 9.80. The minimum atomic E-state index is 0.00912. The predicted molar refractivity (Wildman–Crippen MR) is 111 cm³/mol. The number of rotatable bonds is 7. The average Bonchev–Trinajstić information content (AvgIpc) is 3.42. The molecule has 0 atom stereocenters. The molecule has 0 unspecified atom stereocenters. The van der Waals surface area contributed by atoms with Crippen LogP contribution in [-0.2, 0) is 12.1 Å². The summed E-state index contributed by atoms with van der Waals surface area (Å²) in [5, 5.41) is 11.3. The third-order valence-electron chi connectivity index (χ3n) is 5.79. The molecule has 1 aliphatic carbocycles. The summed E-state index contributed by atoms with van der Waals surface area (Å²) in [6.45, 7) is 0.759. The molecule has 0 radical (unpaired) electrons. The van der Waals surface area contributed by atoms with Gasteiger partial charge in [0.2, 0.25) is 0 Å². The van der Waals surface area contributed by atoms with Crippen molar-refractivity contribution >= 4 is 0 Å². The van der Waals surface area contributed by atoms with Gasteiger partial charge in [-0.2, -0.15) is 5.10 Å². The second-order valence-corrected chi connectivity index (χ2v) is 7.37. The van der Waals surface area contributed by atoms with Crippen LogP contribution in [0.4, 0.5) is 0 Å². The maximum absolute atomic E-state index is 5.37. The van der Waals surface area contributed by atoms with Gasteiger partial charge in [-0.25, -0.2) is 0 Å². The third kappa shape index (κ3) is 3.62. The van der Waals surface area contributed by atoms with E-state index in [1.165, 1.54) is 18.4 Å². The number of aromatic nitrogens is 2. The highest BCUT2D eigenvalue weighted by molar-refractivity contribution is 5.64. The molecule has 3 aromatic rings. The van der Waals surface area contributed by atoms with E-state index >= 15 is 0 Å². The molecular formula is C23H27N3O2. The molecule has 4 rings (SSSR count). The molecule has 0 aliphatic heterocycles. The van der Waals surface area contributed by atoms with Crippen molar-refractivity contribution in [1.29, 1.82) is 0 Å². The summed E-state index contributed by atoms with van der Waals surface area (Å²) in [5.41, 5.74) is 4.62.